The van der Waals surface area contributed by atoms with Gasteiger partial charge in [0.05, 0.1) is 6.04 Å². The highest BCUT2D eigenvalue weighted by Crippen LogP contribution is 2.13. The standard InChI is InChI=1S/C12H16N2O3.2C2HF3O2/c1-8(12(16)17)14-11(15)10(13)7-9-5-3-2-4-6-9;2*3-2(4,5)1(6)7/h2-6,8,10H,7,13H2,1H3,(H,14,15)(H,16,17);2*(H,6,7)/t8?,10-;;/m0../s1. The van der Waals surface area contributed by atoms with Gasteiger partial charge in [0.25, 0.3) is 0 Å². The van der Waals surface area contributed by atoms with Crippen molar-refractivity contribution in [2.24, 2.45) is 5.73 Å². The molecule has 2 atom stereocenters. The largest absolute Gasteiger partial charge is 0.490 e. The van der Waals surface area contributed by atoms with Crippen molar-refractivity contribution in [3.05, 3.63) is 35.9 Å². The molecule has 1 aromatic rings. The first-order valence-corrected chi connectivity index (χ1v) is 7.82. The summed E-state index contributed by atoms with van der Waals surface area (Å²) in [5, 5.41) is 25.2. The van der Waals surface area contributed by atoms with E-state index < -0.39 is 48.3 Å². The van der Waals surface area contributed by atoms with Crippen LogP contribution in [0.4, 0.5) is 26.3 Å². The molecule has 0 aliphatic rings. The van der Waals surface area contributed by atoms with Crippen LogP contribution in [0.1, 0.15) is 12.5 Å². The van der Waals surface area contributed by atoms with Crippen LogP contribution in [0.3, 0.4) is 0 Å². The van der Waals surface area contributed by atoms with Crippen LogP contribution in [-0.2, 0) is 25.6 Å². The average Bonchev–Trinajstić information content (AvgIpc) is 2.61. The Bertz CT molecular complexity index is 714. The lowest BCUT2D eigenvalue weighted by Crippen LogP contribution is -2.47. The highest BCUT2D eigenvalue weighted by Gasteiger charge is 2.38. The zero-order valence-corrected chi connectivity index (χ0v) is 15.6. The number of amides is 1. The van der Waals surface area contributed by atoms with E-state index in [4.69, 9.17) is 30.6 Å². The van der Waals surface area contributed by atoms with Crippen molar-refractivity contribution in [1.82, 2.24) is 5.32 Å². The van der Waals surface area contributed by atoms with Crippen LogP contribution in [0, 0.1) is 0 Å². The van der Waals surface area contributed by atoms with Crippen molar-refractivity contribution in [2.45, 2.75) is 37.8 Å². The van der Waals surface area contributed by atoms with Crippen LogP contribution >= 0.6 is 0 Å². The molecule has 9 nitrogen and oxygen atoms in total. The van der Waals surface area contributed by atoms with E-state index in [0.29, 0.717) is 6.42 Å². The molecule has 15 heteroatoms. The fraction of sp³-hybridized carbons (Fsp3) is 0.375. The van der Waals surface area contributed by atoms with Gasteiger partial charge in [0.2, 0.25) is 5.91 Å². The number of carbonyl (C=O) groups is 4. The van der Waals surface area contributed by atoms with Crippen LogP contribution in [0.15, 0.2) is 30.3 Å². The van der Waals surface area contributed by atoms with Crippen molar-refractivity contribution >= 4 is 23.8 Å². The minimum absolute atomic E-state index is 0.388. The number of carboxylic acid groups (broad SMARTS) is 3. The molecule has 0 saturated heterocycles. The maximum absolute atomic E-state index is 11.6. The van der Waals surface area contributed by atoms with E-state index in [1.807, 2.05) is 30.3 Å². The average molecular weight is 464 g/mol. The second-order valence-corrected chi connectivity index (χ2v) is 5.47. The topological polar surface area (TPSA) is 167 Å². The molecular formula is C16H18F6N2O7. The number of alkyl halides is 6. The monoisotopic (exact) mass is 464 g/mol. The van der Waals surface area contributed by atoms with E-state index in [2.05, 4.69) is 5.32 Å². The number of halogens is 6. The van der Waals surface area contributed by atoms with Crippen LogP contribution < -0.4 is 11.1 Å². The lowest BCUT2D eigenvalue weighted by Gasteiger charge is -2.14. The van der Waals surface area contributed by atoms with E-state index >= 15 is 0 Å². The maximum atomic E-state index is 11.6. The first kappa shape index (κ1) is 29.8. The Labute approximate surface area is 170 Å². The van der Waals surface area contributed by atoms with E-state index in [1.165, 1.54) is 6.92 Å². The highest BCUT2D eigenvalue weighted by atomic mass is 19.4. The number of hydrogen-bond donors (Lipinski definition) is 5. The highest BCUT2D eigenvalue weighted by molar-refractivity contribution is 5.86. The van der Waals surface area contributed by atoms with Crippen molar-refractivity contribution < 1.29 is 60.8 Å². The number of nitrogens with one attached hydrogen (secondary N) is 1. The zero-order valence-electron chi connectivity index (χ0n) is 15.6. The van der Waals surface area contributed by atoms with Gasteiger partial charge >= 0.3 is 30.3 Å². The summed E-state index contributed by atoms with van der Waals surface area (Å²) in [6.45, 7) is 1.40. The summed E-state index contributed by atoms with van der Waals surface area (Å²) in [6, 6.07) is 7.67. The number of rotatable bonds is 5. The lowest BCUT2D eigenvalue weighted by atomic mass is 10.1. The minimum atomic E-state index is -5.08. The molecule has 0 aliphatic heterocycles. The molecule has 0 aliphatic carbocycles. The first-order chi connectivity index (χ1) is 13.9. The molecule has 1 rings (SSSR count). The molecule has 0 aromatic heterocycles. The van der Waals surface area contributed by atoms with E-state index in [-0.39, 0.29) is 0 Å². The second-order valence-electron chi connectivity index (χ2n) is 5.47. The number of aliphatic carboxylic acids is 3. The summed E-state index contributed by atoms with van der Waals surface area (Å²) in [4.78, 5) is 39.9. The van der Waals surface area contributed by atoms with E-state index in [0.717, 1.165) is 5.56 Å². The quantitative estimate of drug-likeness (QED) is 0.408. The maximum Gasteiger partial charge on any atom is 0.490 e. The van der Waals surface area contributed by atoms with Gasteiger partial charge in [-0.25, -0.2) is 9.59 Å². The Kier molecular flexibility index (Phi) is 12.6. The molecule has 6 N–H and O–H groups in total. The van der Waals surface area contributed by atoms with Gasteiger partial charge in [-0.05, 0) is 18.9 Å². The Morgan fingerprint density at radius 1 is 0.903 bits per heavy atom. The molecule has 1 unspecified atom stereocenters. The molecule has 0 radical (unpaired) electrons. The number of carboxylic acids is 3. The Balaban J connectivity index is 0. The third-order valence-corrected chi connectivity index (χ3v) is 2.85. The van der Waals surface area contributed by atoms with Crippen LogP contribution in [-0.4, -0.2) is 63.6 Å². The van der Waals surface area contributed by atoms with Crippen molar-refractivity contribution in [3.8, 4) is 0 Å². The van der Waals surface area contributed by atoms with Gasteiger partial charge in [-0.3, -0.25) is 9.59 Å². The van der Waals surface area contributed by atoms with Gasteiger partial charge in [-0.2, -0.15) is 26.3 Å². The number of carbonyl (C=O) groups excluding carboxylic acids is 1. The summed E-state index contributed by atoms with van der Waals surface area (Å²) < 4.78 is 63.5. The van der Waals surface area contributed by atoms with Crippen molar-refractivity contribution in [1.29, 1.82) is 0 Å². The molecule has 176 valence electrons. The van der Waals surface area contributed by atoms with Gasteiger partial charge in [0.1, 0.15) is 6.04 Å². The molecule has 0 spiro atoms. The molecule has 0 bridgehead atoms. The predicted molar refractivity (Wildman–Crippen MR) is 90.7 cm³/mol. The van der Waals surface area contributed by atoms with Gasteiger partial charge in [-0.15, -0.1) is 0 Å². The Morgan fingerprint density at radius 2 is 1.26 bits per heavy atom. The Morgan fingerprint density at radius 3 is 1.55 bits per heavy atom. The molecule has 0 heterocycles. The fourth-order valence-corrected chi connectivity index (χ4v) is 1.34. The number of nitrogens with two attached hydrogens (primary N) is 1. The summed E-state index contributed by atoms with van der Waals surface area (Å²) in [5.41, 5.74) is 6.64. The lowest BCUT2D eigenvalue weighted by molar-refractivity contribution is -0.193. The van der Waals surface area contributed by atoms with Crippen LogP contribution in [0.5, 0.6) is 0 Å². The predicted octanol–water partition coefficient (Wildman–Crippen LogP) is 1.41. The molecule has 1 amide bonds. The summed E-state index contributed by atoms with van der Waals surface area (Å²) in [6.07, 6.45) is -9.78. The van der Waals surface area contributed by atoms with Crippen LogP contribution in [0.2, 0.25) is 0 Å². The van der Waals surface area contributed by atoms with E-state index in [1.54, 1.807) is 0 Å². The zero-order chi connectivity index (χ0) is 25.0. The van der Waals surface area contributed by atoms with Gasteiger partial charge in [0.15, 0.2) is 0 Å². The minimum Gasteiger partial charge on any atom is -0.480 e. The van der Waals surface area contributed by atoms with E-state index in [9.17, 15) is 35.9 Å². The first-order valence-electron chi connectivity index (χ1n) is 7.82. The summed E-state index contributed by atoms with van der Waals surface area (Å²) in [7, 11) is 0. The fourth-order valence-electron chi connectivity index (χ4n) is 1.34. The number of benzene rings is 1. The Hall–Kier alpha value is -3.36. The number of hydrogen-bond acceptors (Lipinski definition) is 5. The molecule has 1 aromatic carbocycles. The summed E-state index contributed by atoms with van der Waals surface area (Å²) >= 11 is 0. The van der Waals surface area contributed by atoms with Crippen LogP contribution in [0.25, 0.3) is 0 Å². The smallest absolute Gasteiger partial charge is 0.480 e. The molecule has 0 saturated carbocycles. The molecule has 0 fully saturated rings. The third-order valence-electron chi connectivity index (χ3n) is 2.85. The third kappa shape index (κ3) is 15.2. The van der Waals surface area contributed by atoms with Crippen molar-refractivity contribution in [3.63, 3.8) is 0 Å². The molecule has 31 heavy (non-hydrogen) atoms. The van der Waals surface area contributed by atoms with Gasteiger partial charge in [-0.1, -0.05) is 30.3 Å². The van der Waals surface area contributed by atoms with Crippen molar-refractivity contribution in [2.75, 3.05) is 0 Å². The van der Waals surface area contributed by atoms with Gasteiger partial charge in [0, 0.05) is 0 Å². The SMILES string of the molecule is CC(NC(=O)[C@@H](N)Cc1ccccc1)C(=O)O.O=C(O)C(F)(F)F.O=C(O)C(F)(F)F. The normalized spacial score (nSPS) is 12.6. The second kappa shape index (κ2) is 13.0. The molecular weight excluding hydrogens is 446 g/mol. The summed E-state index contributed by atoms with van der Waals surface area (Å²) in [5.74, 6) is -7.05. The van der Waals surface area contributed by atoms with Gasteiger partial charge < -0.3 is 26.4 Å².